The standard InChI is InChI=1S/C13H16BrFN4/c1-9(10-4-5-12(15)11(14)7-10)16-6-2-3-13-17-8-18-19-13/h4-5,7-9,16H,2-3,6H2,1H3,(H,17,18,19). The number of aromatic amines is 1. The van der Waals surface area contributed by atoms with Crippen LogP contribution in [0, 0.1) is 5.82 Å². The number of aromatic nitrogens is 3. The first kappa shape index (κ1) is 14.1. The van der Waals surface area contributed by atoms with E-state index in [4.69, 9.17) is 0 Å². The van der Waals surface area contributed by atoms with Gasteiger partial charge in [0, 0.05) is 12.5 Å². The largest absolute Gasteiger partial charge is 0.310 e. The number of hydrogen-bond donors (Lipinski definition) is 2. The molecule has 102 valence electrons. The third-order valence-electron chi connectivity index (χ3n) is 2.95. The van der Waals surface area contributed by atoms with Gasteiger partial charge in [-0.1, -0.05) is 6.07 Å². The maximum Gasteiger partial charge on any atom is 0.137 e. The molecule has 1 heterocycles. The molecule has 1 aromatic carbocycles. The highest BCUT2D eigenvalue weighted by Crippen LogP contribution is 2.21. The lowest BCUT2D eigenvalue weighted by Crippen LogP contribution is -2.20. The predicted molar refractivity (Wildman–Crippen MR) is 75.2 cm³/mol. The molecule has 2 rings (SSSR count). The second kappa shape index (κ2) is 6.77. The third kappa shape index (κ3) is 4.11. The second-order valence-electron chi connectivity index (χ2n) is 4.39. The average molecular weight is 327 g/mol. The zero-order valence-electron chi connectivity index (χ0n) is 10.7. The van der Waals surface area contributed by atoms with Gasteiger partial charge >= 0.3 is 0 Å². The lowest BCUT2D eigenvalue weighted by Gasteiger charge is -2.14. The molecule has 0 saturated heterocycles. The highest BCUT2D eigenvalue weighted by Gasteiger charge is 2.07. The summed E-state index contributed by atoms with van der Waals surface area (Å²) >= 11 is 3.20. The normalized spacial score (nSPS) is 12.6. The maximum atomic E-state index is 13.1. The molecule has 2 aromatic rings. The predicted octanol–water partition coefficient (Wildman–Crippen LogP) is 2.99. The van der Waals surface area contributed by atoms with Crippen molar-refractivity contribution in [1.29, 1.82) is 0 Å². The summed E-state index contributed by atoms with van der Waals surface area (Å²) in [7, 11) is 0. The van der Waals surface area contributed by atoms with Gasteiger partial charge in [0.25, 0.3) is 0 Å². The molecule has 0 radical (unpaired) electrons. The van der Waals surface area contributed by atoms with Crippen molar-refractivity contribution < 1.29 is 4.39 Å². The first-order valence-electron chi connectivity index (χ1n) is 6.19. The van der Waals surface area contributed by atoms with Crippen molar-refractivity contribution in [2.45, 2.75) is 25.8 Å². The average Bonchev–Trinajstić information content (AvgIpc) is 2.91. The summed E-state index contributed by atoms with van der Waals surface area (Å²) in [6.45, 7) is 2.94. The number of nitrogens with zero attached hydrogens (tertiary/aromatic N) is 2. The summed E-state index contributed by atoms with van der Waals surface area (Å²) < 4.78 is 13.6. The van der Waals surface area contributed by atoms with E-state index in [1.54, 1.807) is 6.07 Å². The fourth-order valence-corrected chi connectivity index (χ4v) is 2.22. The van der Waals surface area contributed by atoms with Gasteiger partial charge in [-0.05, 0) is 53.5 Å². The van der Waals surface area contributed by atoms with E-state index in [1.807, 2.05) is 6.07 Å². The molecular formula is C13H16BrFN4. The molecule has 0 aliphatic carbocycles. The summed E-state index contributed by atoms with van der Waals surface area (Å²) in [5, 5.41) is 10.0. The van der Waals surface area contributed by atoms with E-state index < -0.39 is 0 Å². The van der Waals surface area contributed by atoms with Gasteiger partial charge in [-0.2, -0.15) is 5.10 Å². The Morgan fingerprint density at radius 2 is 2.32 bits per heavy atom. The van der Waals surface area contributed by atoms with Gasteiger partial charge in [0.1, 0.15) is 18.0 Å². The van der Waals surface area contributed by atoms with Crippen LogP contribution in [-0.2, 0) is 6.42 Å². The highest BCUT2D eigenvalue weighted by atomic mass is 79.9. The van der Waals surface area contributed by atoms with Crippen LogP contribution in [0.25, 0.3) is 0 Å². The summed E-state index contributed by atoms with van der Waals surface area (Å²) in [6.07, 6.45) is 3.36. The summed E-state index contributed by atoms with van der Waals surface area (Å²) in [4.78, 5) is 4.07. The number of nitrogens with one attached hydrogen (secondary N) is 2. The minimum absolute atomic E-state index is 0.187. The van der Waals surface area contributed by atoms with E-state index in [2.05, 4.69) is 43.4 Å². The molecular weight excluding hydrogens is 311 g/mol. The van der Waals surface area contributed by atoms with Crippen molar-refractivity contribution in [2.75, 3.05) is 6.54 Å². The minimum Gasteiger partial charge on any atom is -0.310 e. The Balaban J connectivity index is 1.77. The van der Waals surface area contributed by atoms with Crippen LogP contribution in [0.15, 0.2) is 29.0 Å². The molecule has 0 saturated carbocycles. The van der Waals surface area contributed by atoms with Crippen molar-refractivity contribution in [1.82, 2.24) is 20.5 Å². The van der Waals surface area contributed by atoms with Crippen LogP contribution >= 0.6 is 15.9 Å². The molecule has 0 aliphatic rings. The second-order valence-corrected chi connectivity index (χ2v) is 5.24. The number of hydrogen-bond acceptors (Lipinski definition) is 3. The molecule has 1 atom stereocenters. The van der Waals surface area contributed by atoms with E-state index >= 15 is 0 Å². The monoisotopic (exact) mass is 326 g/mol. The molecule has 4 nitrogen and oxygen atoms in total. The van der Waals surface area contributed by atoms with Gasteiger partial charge in [0.15, 0.2) is 0 Å². The van der Waals surface area contributed by atoms with Crippen molar-refractivity contribution in [2.24, 2.45) is 0 Å². The Kier molecular flexibility index (Phi) is 5.04. The van der Waals surface area contributed by atoms with Gasteiger partial charge in [-0.15, -0.1) is 0 Å². The Hall–Kier alpha value is -1.27. The topological polar surface area (TPSA) is 53.6 Å². The maximum absolute atomic E-state index is 13.1. The number of benzene rings is 1. The van der Waals surface area contributed by atoms with Crippen LogP contribution in [0.4, 0.5) is 4.39 Å². The van der Waals surface area contributed by atoms with Crippen LogP contribution in [0.1, 0.15) is 30.8 Å². The zero-order valence-corrected chi connectivity index (χ0v) is 12.2. The van der Waals surface area contributed by atoms with E-state index in [1.165, 1.54) is 12.4 Å². The minimum atomic E-state index is -0.235. The van der Waals surface area contributed by atoms with Crippen molar-refractivity contribution in [3.8, 4) is 0 Å². The zero-order chi connectivity index (χ0) is 13.7. The van der Waals surface area contributed by atoms with E-state index in [0.29, 0.717) is 4.47 Å². The van der Waals surface area contributed by atoms with Gasteiger partial charge in [0.2, 0.25) is 0 Å². The van der Waals surface area contributed by atoms with Crippen LogP contribution < -0.4 is 5.32 Å². The lowest BCUT2D eigenvalue weighted by molar-refractivity contribution is 0.551. The van der Waals surface area contributed by atoms with E-state index in [9.17, 15) is 4.39 Å². The van der Waals surface area contributed by atoms with Crippen molar-refractivity contribution in [3.05, 3.63) is 46.2 Å². The summed E-state index contributed by atoms with van der Waals surface area (Å²) in [6, 6.07) is 5.27. The number of rotatable bonds is 6. The van der Waals surface area contributed by atoms with Crippen LogP contribution in [0.2, 0.25) is 0 Å². The first-order chi connectivity index (χ1) is 9.16. The quantitative estimate of drug-likeness (QED) is 0.802. The Morgan fingerprint density at radius 1 is 1.47 bits per heavy atom. The van der Waals surface area contributed by atoms with Crippen molar-refractivity contribution >= 4 is 15.9 Å². The van der Waals surface area contributed by atoms with Crippen LogP contribution in [-0.4, -0.2) is 21.7 Å². The molecule has 19 heavy (non-hydrogen) atoms. The number of aryl methyl sites for hydroxylation is 1. The van der Waals surface area contributed by atoms with Gasteiger partial charge in [0.05, 0.1) is 4.47 Å². The lowest BCUT2D eigenvalue weighted by atomic mass is 10.1. The van der Waals surface area contributed by atoms with Gasteiger partial charge in [-0.3, -0.25) is 5.10 Å². The van der Waals surface area contributed by atoms with Gasteiger partial charge in [-0.25, -0.2) is 9.37 Å². The summed E-state index contributed by atoms with van der Waals surface area (Å²) in [5.74, 6) is 0.667. The molecule has 0 amide bonds. The SMILES string of the molecule is CC(NCCCc1ncn[nH]1)c1ccc(F)c(Br)c1. The Morgan fingerprint density at radius 3 is 3.00 bits per heavy atom. The van der Waals surface area contributed by atoms with Crippen LogP contribution in [0.3, 0.4) is 0 Å². The molecule has 0 fully saturated rings. The third-order valence-corrected chi connectivity index (χ3v) is 3.56. The fourth-order valence-electron chi connectivity index (χ4n) is 1.83. The van der Waals surface area contributed by atoms with E-state index in [0.717, 1.165) is 30.8 Å². The summed E-state index contributed by atoms with van der Waals surface area (Å²) in [5.41, 5.74) is 1.06. The molecule has 0 bridgehead atoms. The smallest absolute Gasteiger partial charge is 0.137 e. The fraction of sp³-hybridized carbons (Fsp3) is 0.385. The molecule has 1 aromatic heterocycles. The Bertz CT molecular complexity index is 515. The van der Waals surface area contributed by atoms with E-state index in [-0.39, 0.29) is 11.9 Å². The molecule has 2 N–H and O–H groups in total. The molecule has 0 spiro atoms. The van der Waals surface area contributed by atoms with Crippen molar-refractivity contribution in [3.63, 3.8) is 0 Å². The van der Waals surface area contributed by atoms with Gasteiger partial charge < -0.3 is 5.32 Å². The number of H-pyrrole nitrogens is 1. The molecule has 1 unspecified atom stereocenters. The molecule has 6 heteroatoms. The molecule has 0 aliphatic heterocycles. The first-order valence-corrected chi connectivity index (χ1v) is 6.98. The van der Waals surface area contributed by atoms with Crippen LogP contribution in [0.5, 0.6) is 0 Å². The number of halogens is 2. The Labute approximate surface area is 120 Å². The highest BCUT2D eigenvalue weighted by molar-refractivity contribution is 9.10.